The van der Waals surface area contributed by atoms with Crippen LogP contribution in [0.15, 0.2) is 54.6 Å². The molecule has 3 N–H and O–H groups in total. The number of rotatable bonds is 6. The average Bonchev–Trinajstić information content (AvgIpc) is 3.02. The number of hydrogen-bond donors (Lipinski definition) is 3. The van der Waals surface area contributed by atoms with Crippen molar-refractivity contribution in [3.8, 4) is 0 Å². The third-order valence-corrected chi connectivity index (χ3v) is 5.96. The molecule has 1 aliphatic heterocycles. The number of anilines is 2. The van der Waals surface area contributed by atoms with E-state index in [-0.39, 0.29) is 30.7 Å². The fraction of sp³-hybridized carbons (Fsp3) is 0.333. The van der Waals surface area contributed by atoms with Gasteiger partial charge < -0.3 is 16.0 Å². The topological polar surface area (TPSA) is 108 Å². The molecule has 2 aromatic carbocycles. The minimum Gasteiger partial charge on any atom is -0.326 e. The van der Waals surface area contributed by atoms with Crippen molar-refractivity contribution in [3.05, 3.63) is 60.2 Å². The third kappa shape index (κ3) is 4.64. The number of nitrogens with one attached hydrogen (secondary N) is 3. The van der Waals surface area contributed by atoms with E-state index in [1.165, 1.54) is 0 Å². The van der Waals surface area contributed by atoms with E-state index in [1.54, 1.807) is 48.5 Å². The lowest BCUT2D eigenvalue weighted by Gasteiger charge is -2.30. The number of imide groups is 1. The van der Waals surface area contributed by atoms with Crippen LogP contribution in [-0.2, 0) is 9.59 Å². The van der Waals surface area contributed by atoms with Gasteiger partial charge in [0.05, 0.1) is 0 Å². The molecule has 8 heteroatoms. The van der Waals surface area contributed by atoms with Crippen molar-refractivity contribution in [2.24, 2.45) is 0 Å². The van der Waals surface area contributed by atoms with Gasteiger partial charge in [0.1, 0.15) is 5.54 Å². The predicted molar refractivity (Wildman–Crippen MR) is 120 cm³/mol. The maximum Gasteiger partial charge on any atom is 0.325 e. The van der Waals surface area contributed by atoms with Crippen LogP contribution in [0.25, 0.3) is 0 Å². The summed E-state index contributed by atoms with van der Waals surface area (Å²) in [5, 5.41) is 8.40. The Morgan fingerprint density at radius 1 is 0.906 bits per heavy atom. The van der Waals surface area contributed by atoms with Crippen LogP contribution in [-0.4, -0.2) is 40.7 Å². The molecule has 2 aliphatic rings. The maximum absolute atomic E-state index is 12.8. The van der Waals surface area contributed by atoms with Gasteiger partial charge in [-0.3, -0.25) is 19.3 Å². The van der Waals surface area contributed by atoms with Gasteiger partial charge in [-0.2, -0.15) is 0 Å². The van der Waals surface area contributed by atoms with Crippen LogP contribution in [0.3, 0.4) is 0 Å². The zero-order chi connectivity index (χ0) is 22.6. The van der Waals surface area contributed by atoms with Crippen molar-refractivity contribution in [2.45, 2.75) is 44.1 Å². The van der Waals surface area contributed by atoms with Crippen molar-refractivity contribution in [1.29, 1.82) is 0 Å². The summed E-state index contributed by atoms with van der Waals surface area (Å²) in [4.78, 5) is 51.0. The van der Waals surface area contributed by atoms with Gasteiger partial charge in [-0.15, -0.1) is 0 Å². The van der Waals surface area contributed by atoms with E-state index in [1.807, 2.05) is 6.07 Å². The van der Waals surface area contributed by atoms with Gasteiger partial charge in [0, 0.05) is 29.9 Å². The summed E-state index contributed by atoms with van der Waals surface area (Å²) < 4.78 is 0. The van der Waals surface area contributed by atoms with Crippen LogP contribution >= 0.6 is 0 Å². The molecule has 1 heterocycles. The number of amides is 5. The zero-order valence-corrected chi connectivity index (χ0v) is 17.7. The molecule has 2 fully saturated rings. The van der Waals surface area contributed by atoms with Gasteiger partial charge in [0.2, 0.25) is 5.91 Å². The number of nitrogens with zero attached hydrogens (tertiary/aromatic N) is 1. The second-order valence-electron chi connectivity index (χ2n) is 8.23. The standard InChI is InChI=1S/C24H26N4O4/c29-20(12-15-28-22(31)24(27-23(28)32)13-5-2-6-14-24)25-18-10-7-11-19(16-18)26-21(30)17-8-3-1-4-9-17/h1,3-4,7-11,16H,2,5-6,12-15H2,(H,25,29)(H,26,30)(H,27,32). The van der Waals surface area contributed by atoms with Crippen LogP contribution < -0.4 is 16.0 Å². The Balaban J connectivity index is 1.32. The molecule has 32 heavy (non-hydrogen) atoms. The number of carbonyl (C=O) groups excluding carboxylic acids is 4. The van der Waals surface area contributed by atoms with Crippen LogP contribution in [0.4, 0.5) is 16.2 Å². The summed E-state index contributed by atoms with van der Waals surface area (Å²) in [5.74, 6) is -0.786. The lowest BCUT2D eigenvalue weighted by atomic mass is 9.82. The summed E-state index contributed by atoms with van der Waals surface area (Å²) in [6.45, 7) is 0.0304. The fourth-order valence-electron chi connectivity index (χ4n) is 4.28. The zero-order valence-electron chi connectivity index (χ0n) is 17.7. The molecular weight excluding hydrogens is 408 g/mol. The Morgan fingerprint density at radius 3 is 2.31 bits per heavy atom. The Bertz CT molecular complexity index is 1030. The second kappa shape index (κ2) is 9.21. The van der Waals surface area contributed by atoms with Crippen LogP contribution in [0.5, 0.6) is 0 Å². The van der Waals surface area contributed by atoms with Gasteiger partial charge in [0.25, 0.3) is 11.8 Å². The van der Waals surface area contributed by atoms with Crippen LogP contribution in [0.2, 0.25) is 0 Å². The summed E-state index contributed by atoms with van der Waals surface area (Å²) in [6.07, 6.45) is 4.20. The number of hydrogen-bond acceptors (Lipinski definition) is 4. The average molecular weight is 434 g/mol. The minimum absolute atomic E-state index is 0.00412. The quantitative estimate of drug-likeness (QED) is 0.605. The van der Waals surface area contributed by atoms with Gasteiger partial charge >= 0.3 is 6.03 Å². The molecule has 0 unspecified atom stereocenters. The number of benzene rings is 2. The highest BCUT2D eigenvalue weighted by Gasteiger charge is 2.51. The third-order valence-electron chi connectivity index (χ3n) is 5.96. The van der Waals surface area contributed by atoms with Crippen molar-refractivity contribution in [1.82, 2.24) is 10.2 Å². The highest BCUT2D eigenvalue weighted by atomic mass is 16.2. The first kappa shape index (κ1) is 21.5. The predicted octanol–water partition coefficient (Wildman–Crippen LogP) is 3.52. The van der Waals surface area contributed by atoms with E-state index < -0.39 is 11.6 Å². The first-order valence-corrected chi connectivity index (χ1v) is 10.9. The van der Waals surface area contributed by atoms with E-state index in [0.29, 0.717) is 29.8 Å². The number of carbonyl (C=O) groups is 4. The molecule has 8 nitrogen and oxygen atoms in total. The molecule has 1 saturated heterocycles. The lowest BCUT2D eigenvalue weighted by Crippen LogP contribution is -2.48. The summed E-state index contributed by atoms with van der Waals surface area (Å²) in [5.41, 5.74) is 0.815. The first-order chi connectivity index (χ1) is 15.5. The molecule has 0 radical (unpaired) electrons. The lowest BCUT2D eigenvalue weighted by molar-refractivity contribution is -0.132. The van der Waals surface area contributed by atoms with Crippen molar-refractivity contribution in [2.75, 3.05) is 17.2 Å². The second-order valence-corrected chi connectivity index (χ2v) is 8.23. The summed E-state index contributed by atoms with van der Waals surface area (Å²) in [6, 6.07) is 15.2. The Morgan fingerprint density at radius 2 is 1.59 bits per heavy atom. The molecule has 1 spiro atoms. The SMILES string of the molecule is O=C(CCN1C(=O)NC2(CCCCC2)C1=O)Nc1cccc(NC(=O)c2ccccc2)c1. The maximum atomic E-state index is 12.8. The van der Waals surface area contributed by atoms with Gasteiger partial charge in [-0.05, 0) is 43.2 Å². The molecule has 0 bridgehead atoms. The van der Waals surface area contributed by atoms with Gasteiger partial charge in [0.15, 0.2) is 0 Å². The molecule has 5 amide bonds. The largest absolute Gasteiger partial charge is 0.326 e. The molecule has 0 atom stereocenters. The van der Waals surface area contributed by atoms with Crippen LogP contribution in [0, 0.1) is 0 Å². The van der Waals surface area contributed by atoms with E-state index in [9.17, 15) is 19.2 Å². The monoisotopic (exact) mass is 434 g/mol. The summed E-state index contributed by atoms with van der Waals surface area (Å²) in [7, 11) is 0. The van der Waals surface area contributed by atoms with Gasteiger partial charge in [-0.25, -0.2) is 4.79 Å². The van der Waals surface area contributed by atoms with Crippen molar-refractivity contribution >= 4 is 35.1 Å². The normalized spacial score (nSPS) is 17.2. The van der Waals surface area contributed by atoms with Gasteiger partial charge in [-0.1, -0.05) is 43.5 Å². The van der Waals surface area contributed by atoms with E-state index in [4.69, 9.17) is 0 Å². The number of urea groups is 1. The van der Waals surface area contributed by atoms with Crippen molar-refractivity contribution in [3.63, 3.8) is 0 Å². The molecule has 4 rings (SSSR count). The van der Waals surface area contributed by atoms with E-state index in [0.717, 1.165) is 24.2 Å². The first-order valence-electron chi connectivity index (χ1n) is 10.9. The van der Waals surface area contributed by atoms with Crippen LogP contribution in [0.1, 0.15) is 48.9 Å². The molecule has 1 saturated carbocycles. The van der Waals surface area contributed by atoms with Crippen molar-refractivity contribution < 1.29 is 19.2 Å². The highest BCUT2D eigenvalue weighted by molar-refractivity contribution is 6.07. The van der Waals surface area contributed by atoms with E-state index >= 15 is 0 Å². The molecule has 1 aliphatic carbocycles. The summed E-state index contributed by atoms with van der Waals surface area (Å²) >= 11 is 0. The minimum atomic E-state index is -0.781. The Kier molecular flexibility index (Phi) is 6.20. The Hall–Kier alpha value is -3.68. The Labute approximate surface area is 186 Å². The smallest absolute Gasteiger partial charge is 0.325 e. The fourth-order valence-corrected chi connectivity index (χ4v) is 4.28. The molecule has 2 aromatic rings. The highest BCUT2D eigenvalue weighted by Crippen LogP contribution is 2.33. The molecular formula is C24H26N4O4. The molecule has 166 valence electrons. The molecule has 0 aromatic heterocycles. The van der Waals surface area contributed by atoms with E-state index in [2.05, 4.69) is 16.0 Å².